The third-order valence-electron chi connectivity index (χ3n) is 6.40. The Morgan fingerprint density at radius 1 is 1.16 bits per heavy atom. The molecule has 2 fully saturated rings. The number of amides is 2. The molecule has 0 aliphatic heterocycles. The maximum Gasteiger partial charge on any atom is 0.413 e. The number of pyridine rings is 2. The zero-order chi connectivity index (χ0) is 26.5. The molecule has 2 aliphatic rings. The first kappa shape index (κ1) is 24.6. The SMILES string of the molecule is C[C@@H](OC(=O)Nc1c(-c2ccc(NC(=O)[C@@H]3[C@@H](C4CC4)C3(F)F)cn2)nnn1C)c1cc(F)cnc1F. The molecule has 10 nitrogen and oxygen atoms in total. The summed E-state index contributed by atoms with van der Waals surface area (Å²) in [6.07, 6.45) is 1.27. The van der Waals surface area contributed by atoms with E-state index in [2.05, 4.69) is 30.9 Å². The Balaban J connectivity index is 1.24. The van der Waals surface area contributed by atoms with E-state index >= 15 is 0 Å². The number of halogens is 4. The van der Waals surface area contributed by atoms with E-state index in [-0.39, 0.29) is 34.4 Å². The van der Waals surface area contributed by atoms with Gasteiger partial charge in [-0.25, -0.2) is 27.6 Å². The minimum absolute atomic E-state index is 0.0872. The molecule has 0 bridgehead atoms. The van der Waals surface area contributed by atoms with Crippen LogP contribution in [0.5, 0.6) is 0 Å². The molecule has 3 heterocycles. The molecule has 3 aromatic heterocycles. The molecule has 5 rings (SSSR count). The Bertz CT molecular complexity index is 1360. The van der Waals surface area contributed by atoms with Gasteiger partial charge in [0.25, 0.3) is 5.92 Å². The first-order chi connectivity index (χ1) is 17.6. The van der Waals surface area contributed by atoms with E-state index in [1.807, 2.05) is 0 Å². The first-order valence-corrected chi connectivity index (χ1v) is 11.4. The van der Waals surface area contributed by atoms with Crippen LogP contribution in [-0.2, 0) is 16.6 Å². The van der Waals surface area contributed by atoms with E-state index < -0.39 is 47.6 Å². The maximum absolute atomic E-state index is 14.0. The van der Waals surface area contributed by atoms with Gasteiger partial charge in [-0.15, -0.1) is 5.10 Å². The monoisotopic (exact) mass is 519 g/mol. The average molecular weight is 519 g/mol. The summed E-state index contributed by atoms with van der Waals surface area (Å²) < 4.78 is 61.6. The molecule has 3 aromatic rings. The predicted molar refractivity (Wildman–Crippen MR) is 120 cm³/mol. The molecule has 2 aliphatic carbocycles. The van der Waals surface area contributed by atoms with Crippen molar-refractivity contribution in [3.63, 3.8) is 0 Å². The number of aryl methyl sites for hydroxylation is 1. The van der Waals surface area contributed by atoms with Gasteiger partial charge in [0.05, 0.1) is 29.3 Å². The van der Waals surface area contributed by atoms with Crippen LogP contribution in [0.15, 0.2) is 30.6 Å². The van der Waals surface area contributed by atoms with Crippen LogP contribution in [-0.4, -0.2) is 42.9 Å². The second-order valence-corrected chi connectivity index (χ2v) is 9.05. The summed E-state index contributed by atoms with van der Waals surface area (Å²) in [4.78, 5) is 32.2. The van der Waals surface area contributed by atoms with Crippen molar-refractivity contribution < 1.29 is 31.9 Å². The molecule has 0 radical (unpaired) electrons. The van der Waals surface area contributed by atoms with Crippen LogP contribution in [0.2, 0.25) is 0 Å². The van der Waals surface area contributed by atoms with Gasteiger partial charge in [0.15, 0.2) is 11.5 Å². The van der Waals surface area contributed by atoms with Crippen molar-refractivity contribution in [3.8, 4) is 11.4 Å². The number of alkyl halides is 2. The number of rotatable bonds is 7. The zero-order valence-electron chi connectivity index (χ0n) is 19.6. The minimum Gasteiger partial charge on any atom is -0.441 e. The van der Waals surface area contributed by atoms with Gasteiger partial charge >= 0.3 is 6.09 Å². The molecule has 14 heteroatoms. The van der Waals surface area contributed by atoms with Crippen LogP contribution in [0.25, 0.3) is 11.4 Å². The van der Waals surface area contributed by atoms with Crippen molar-refractivity contribution in [3.05, 3.63) is 47.9 Å². The summed E-state index contributed by atoms with van der Waals surface area (Å²) in [5, 5.41) is 12.7. The highest BCUT2D eigenvalue weighted by molar-refractivity contribution is 5.96. The number of hydrogen-bond acceptors (Lipinski definition) is 7. The lowest BCUT2D eigenvalue weighted by Crippen LogP contribution is -2.19. The van der Waals surface area contributed by atoms with Crippen LogP contribution in [0, 0.1) is 29.5 Å². The summed E-state index contributed by atoms with van der Waals surface area (Å²) in [7, 11) is 1.49. The molecule has 0 unspecified atom stereocenters. The second-order valence-electron chi connectivity index (χ2n) is 9.05. The third-order valence-corrected chi connectivity index (χ3v) is 6.40. The van der Waals surface area contributed by atoms with Gasteiger partial charge in [-0.2, -0.15) is 4.39 Å². The molecular weight excluding hydrogens is 498 g/mol. The molecule has 0 saturated heterocycles. The highest BCUT2D eigenvalue weighted by atomic mass is 19.3. The van der Waals surface area contributed by atoms with E-state index in [0.717, 1.165) is 18.9 Å². The van der Waals surface area contributed by atoms with Gasteiger partial charge in [0.2, 0.25) is 11.9 Å². The van der Waals surface area contributed by atoms with Gasteiger partial charge in [-0.05, 0) is 43.9 Å². The third kappa shape index (κ3) is 4.82. The second kappa shape index (κ2) is 9.09. The standard InChI is InChI=1S/C23H21F4N7O3/c1-10(14-7-12(24)8-29-19(14)25)37-22(36)31-20-18(32-33-34(20)2)15-6-5-13(9-28-15)30-21(35)17-16(11-3-4-11)23(17,26)27/h5-11,16-17H,3-4H2,1-2H3,(H,30,35)(H,31,36)/t10-,16-,17+/m1/s1. The number of ether oxygens (including phenoxy) is 1. The normalized spacial score (nSPS) is 20.7. The largest absolute Gasteiger partial charge is 0.441 e. The fourth-order valence-corrected chi connectivity index (χ4v) is 4.30. The first-order valence-electron chi connectivity index (χ1n) is 11.4. The molecule has 2 amide bonds. The van der Waals surface area contributed by atoms with Crippen LogP contribution < -0.4 is 10.6 Å². The van der Waals surface area contributed by atoms with Crippen molar-refractivity contribution in [2.45, 2.75) is 31.8 Å². The number of nitrogens with zero attached hydrogens (tertiary/aromatic N) is 5. The highest BCUT2D eigenvalue weighted by Gasteiger charge is 2.75. The molecule has 2 N–H and O–H groups in total. The number of carbonyl (C=O) groups is 2. The van der Waals surface area contributed by atoms with E-state index in [4.69, 9.17) is 4.74 Å². The average Bonchev–Trinajstić information content (AvgIpc) is 3.73. The van der Waals surface area contributed by atoms with Gasteiger partial charge in [0.1, 0.15) is 17.8 Å². The summed E-state index contributed by atoms with van der Waals surface area (Å²) in [6, 6.07) is 3.81. The van der Waals surface area contributed by atoms with Crippen molar-refractivity contribution in [1.82, 2.24) is 25.0 Å². The van der Waals surface area contributed by atoms with Crippen LogP contribution >= 0.6 is 0 Å². The van der Waals surface area contributed by atoms with E-state index in [1.54, 1.807) is 0 Å². The Morgan fingerprint density at radius 3 is 2.59 bits per heavy atom. The number of hydrogen-bond donors (Lipinski definition) is 2. The van der Waals surface area contributed by atoms with Crippen LogP contribution in [0.3, 0.4) is 0 Å². The molecule has 194 valence electrons. The van der Waals surface area contributed by atoms with Crippen molar-refractivity contribution in [1.29, 1.82) is 0 Å². The lowest BCUT2D eigenvalue weighted by Gasteiger charge is -2.15. The van der Waals surface area contributed by atoms with Gasteiger partial charge in [-0.3, -0.25) is 15.1 Å². The number of anilines is 2. The number of nitrogens with one attached hydrogen (secondary N) is 2. The van der Waals surface area contributed by atoms with E-state index in [1.165, 1.54) is 37.0 Å². The quantitative estimate of drug-likeness (QED) is 0.356. The van der Waals surface area contributed by atoms with Crippen molar-refractivity contribution in [2.75, 3.05) is 10.6 Å². The number of aromatic nitrogens is 5. The van der Waals surface area contributed by atoms with Gasteiger partial charge in [0, 0.05) is 13.0 Å². The lowest BCUT2D eigenvalue weighted by atomic mass is 10.2. The van der Waals surface area contributed by atoms with Gasteiger partial charge in [-0.1, -0.05) is 5.21 Å². The smallest absolute Gasteiger partial charge is 0.413 e. The van der Waals surface area contributed by atoms with E-state index in [9.17, 15) is 27.2 Å². The highest BCUT2D eigenvalue weighted by Crippen LogP contribution is 2.64. The summed E-state index contributed by atoms with van der Waals surface area (Å²) in [5.41, 5.74) is 0.377. The molecule has 2 saturated carbocycles. The Kier molecular flexibility index (Phi) is 6.04. The van der Waals surface area contributed by atoms with E-state index in [0.29, 0.717) is 6.20 Å². The fourth-order valence-electron chi connectivity index (χ4n) is 4.30. The molecule has 37 heavy (non-hydrogen) atoms. The summed E-state index contributed by atoms with van der Waals surface area (Å²) in [6.45, 7) is 1.35. The molecular formula is C23H21F4N7O3. The Hall–Kier alpha value is -4.10. The van der Waals surface area contributed by atoms with Gasteiger partial charge < -0.3 is 10.1 Å². The fraction of sp³-hybridized carbons (Fsp3) is 0.391. The maximum atomic E-state index is 14.0. The Labute approximate surface area is 207 Å². The molecule has 3 atom stereocenters. The zero-order valence-corrected chi connectivity index (χ0v) is 19.6. The van der Waals surface area contributed by atoms with Crippen molar-refractivity contribution >= 4 is 23.5 Å². The number of carbonyl (C=O) groups excluding carboxylic acids is 2. The van der Waals surface area contributed by atoms with Crippen molar-refractivity contribution in [2.24, 2.45) is 24.8 Å². The molecule has 0 spiro atoms. The Morgan fingerprint density at radius 2 is 1.92 bits per heavy atom. The van der Waals surface area contributed by atoms with Crippen LogP contribution in [0.4, 0.5) is 33.9 Å². The topological polar surface area (TPSA) is 124 Å². The summed E-state index contributed by atoms with van der Waals surface area (Å²) in [5.74, 6) is -7.73. The predicted octanol–water partition coefficient (Wildman–Crippen LogP) is 4.09. The molecule has 0 aromatic carbocycles. The minimum atomic E-state index is -2.98. The van der Waals surface area contributed by atoms with Crippen LogP contribution in [0.1, 0.15) is 31.4 Å². The lowest BCUT2D eigenvalue weighted by molar-refractivity contribution is -0.119. The summed E-state index contributed by atoms with van der Waals surface area (Å²) >= 11 is 0.